The minimum absolute atomic E-state index is 0.0586. The highest BCUT2D eigenvalue weighted by Crippen LogP contribution is 1.95. The quantitative estimate of drug-likeness (QED) is 0.713. The number of nitrogens with one attached hydrogen (secondary N) is 2. The van der Waals surface area contributed by atoms with E-state index in [4.69, 9.17) is 0 Å². The summed E-state index contributed by atoms with van der Waals surface area (Å²) < 4.78 is 30.0. The van der Waals surface area contributed by atoms with E-state index in [1.807, 2.05) is 13.8 Å². The summed E-state index contributed by atoms with van der Waals surface area (Å²) in [6, 6.07) is 1.90. The molecule has 0 saturated carbocycles. The molecule has 0 atom stereocenters. The molecular formula is C9H17N3O3S. The lowest BCUT2D eigenvalue weighted by molar-refractivity contribution is 0.411. The number of nitrogens with zero attached hydrogens (tertiary/aromatic N) is 1. The zero-order valence-electron chi connectivity index (χ0n) is 9.43. The van der Waals surface area contributed by atoms with Crippen LogP contribution in [0.1, 0.15) is 19.5 Å². The molecule has 1 aromatic rings. The molecule has 0 aliphatic carbocycles. The van der Waals surface area contributed by atoms with Crippen LogP contribution in [0.25, 0.3) is 0 Å². The first kappa shape index (κ1) is 13.1. The van der Waals surface area contributed by atoms with E-state index in [0.717, 1.165) is 0 Å². The fourth-order valence-electron chi connectivity index (χ4n) is 1.07. The average molecular weight is 247 g/mol. The van der Waals surface area contributed by atoms with Crippen LogP contribution >= 0.6 is 0 Å². The van der Waals surface area contributed by atoms with Gasteiger partial charge in [0.1, 0.15) is 6.26 Å². The second-order valence-corrected chi connectivity index (χ2v) is 5.67. The van der Waals surface area contributed by atoms with E-state index in [2.05, 4.69) is 19.7 Å². The van der Waals surface area contributed by atoms with E-state index < -0.39 is 10.0 Å². The molecule has 0 unspecified atom stereocenters. The molecule has 0 bridgehead atoms. The first-order valence-corrected chi connectivity index (χ1v) is 6.75. The molecule has 1 aromatic heterocycles. The number of rotatable bonds is 7. The SMILES string of the molecule is CC(C)NCCS(=O)(=O)NCc1ccon1. The van der Waals surface area contributed by atoms with Gasteiger partial charge in [0.2, 0.25) is 10.0 Å². The third-order valence-corrected chi connectivity index (χ3v) is 3.21. The maximum atomic E-state index is 11.5. The Hall–Kier alpha value is -0.920. The lowest BCUT2D eigenvalue weighted by atomic mass is 10.4. The third kappa shape index (κ3) is 5.24. The maximum absolute atomic E-state index is 11.5. The Balaban J connectivity index is 2.29. The van der Waals surface area contributed by atoms with Gasteiger partial charge in [-0.25, -0.2) is 13.1 Å². The van der Waals surface area contributed by atoms with E-state index >= 15 is 0 Å². The molecule has 0 aliphatic heterocycles. The van der Waals surface area contributed by atoms with Crippen molar-refractivity contribution in [2.45, 2.75) is 26.4 Å². The summed E-state index contributed by atoms with van der Waals surface area (Å²) >= 11 is 0. The van der Waals surface area contributed by atoms with Gasteiger partial charge < -0.3 is 9.84 Å². The normalized spacial score (nSPS) is 12.2. The van der Waals surface area contributed by atoms with Crippen molar-refractivity contribution in [3.63, 3.8) is 0 Å². The highest BCUT2D eigenvalue weighted by Gasteiger charge is 2.10. The smallest absolute Gasteiger partial charge is 0.213 e. The summed E-state index contributed by atoms with van der Waals surface area (Å²) in [5, 5.41) is 6.65. The van der Waals surface area contributed by atoms with Crippen molar-refractivity contribution >= 4 is 10.0 Å². The number of sulfonamides is 1. The van der Waals surface area contributed by atoms with Gasteiger partial charge in [-0.3, -0.25) is 0 Å². The van der Waals surface area contributed by atoms with E-state index in [0.29, 0.717) is 12.2 Å². The summed E-state index contributed by atoms with van der Waals surface area (Å²) in [5.41, 5.74) is 0.570. The summed E-state index contributed by atoms with van der Waals surface area (Å²) in [7, 11) is -3.25. The molecule has 2 N–H and O–H groups in total. The van der Waals surface area contributed by atoms with Crippen molar-refractivity contribution in [3.8, 4) is 0 Å². The molecule has 7 heteroatoms. The highest BCUT2D eigenvalue weighted by molar-refractivity contribution is 7.89. The molecule has 1 rings (SSSR count). The fraction of sp³-hybridized carbons (Fsp3) is 0.667. The molecule has 0 fully saturated rings. The Bertz CT molecular complexity index is 386. The Labute approximate surface area is 95.4 Å². The van der Waals surface area contributed by atoms with Gasteiger partial charge in [0.05, 0.1) is 18.0 Å². The van der Waals surface area contributed by atoms with Crippen molar-refractivity contribution in [1.29, 1.82) is 0 Å². The fourth-order valence-corrected chi connectivity index (χ4v) is 1.97. The molecule has 0 aliphatic rings. The molecule has 0 aromatic carbocycles. The van der Waals surface area contributed by atoms with Gasteiger partial charge >= 0.3 is 0 Å². The van der Waals surface area contributed by atoms with E-state index in [9.17, 15) is 8.42 Å². The van der Waals surface area contributed by atoms with Gasteiger partial charge in [0, 0.05) is 18.7 Å². The monoisotopic (exact) mass is 247 g/mol. The lowest BCUT2D eigenvalue weighted by Crippen LogP contribution is -2.34. The molecule has 0 spiro atoms. The van der Waals surface area contributed by atoms with Crippen LogP contribution < -0.4 is 10.0 Å². The largest absolute Gasteiger partial charge is 0.364 e. The second-order valence-electron chi connectivity index (χ2n) is 3.74. The minimum atomic E-state index is -3.25. The summed E-state index contributed by atoms with van der Waals surface area (Å²) in [4.78, 5) is 0. The highest BCUT2D eigenvalue weighted by atomic mass is 32.2. The van der Waals surface area contributed by atoms with Gasteiger partial charge in [-0.05, 0) is 0 Å². The van der Waals surface area contributed by atoms with Crippen molar-refractivity contribution in [2.24, 2.45) is 0 Å². The molecule has 1 heterocycles. The van der Waals surface area contributed by atoms with Crippen molar-refractivity contribution in [1.82, 2.24) is 15.2 Å². The topological polar surface area (TPSA) is 84.2 Å². The van der Waals surface area contributed by atoms with Crippen molar-refractivity contribution < 1.29 is 12.9 Å². The predicted octanol–water partition coefficient (Wildman–Crippen LogP) is 0.0920. The zero-order chi connectivity index (χ0) is 12.0. The molecule has 6 nitrogen and oxygen atoms in total. The van der Waals surface area contributed by atoms with Gasteiger partial charge in [-0.15, -0.1) is 0 Å². The zero-order valence-corrected chi connectivity index (χ0v) is 10.3. The molecule has 92 valence electrons. The van der Waals surface area contributed by atoms with Crippen molar-refractivity contribution in [3.05, 3.63) is 18.0 Å². The second kappa shape index (κ2) is 5.97. The predicted molar refractivity (Wildman–Crippen MR) is 60.3 cm³/mol. The van der Waals surface area contributed by atoms with E-state index in [-0.39, 0.29) is 18.3 Å². The Morgan fingerprint density at radius 2 is 2.25 bits per heavy atom. The van der Waals surface area contributed by atoms with Crippen LogP contribution in [0.3, 0.4) is 0 Å². The Morgan fingerprint density at radius 1 is 1.50 bits per heavy atom. The number of aromatic nitrogens is 1. The molecule has 16 heavy (non-hydrogen) atoms. The molecular weight excluding hydrogens is 230 g/mol. The summed E-state index contributed by atoms with van der Waals surface area (Å²) in [5.74, 6) is 0.0586. The van der Waals surface area contributed by atoms with Gasteiger partial charge in [0.15, 0.2) is 0 Å². The average Bonchev–Trinajstić information content (AvgIpc) is 2.66. The van der Waals surface area contributed by atoms with Crippen LogP contribution in [0.2, 0.25) is 0 Å². The first-order chi connectivity index (χ1) is 7.49. The Kier molecular flexibility index (Phi) is 4.91. The molecule has 0 amide bonds. The number of hydrogen-bond acceptors (Lipinski definition) is 5. The minimum Gasteiger partial charge on any atom is -0.364 e. The standard InChI is InChI=1S/C9H17N3O3S/c1-8(2)10-4-6-16(13,14)11-7-9-3-5-15-12-9/h3,5,8,10-11H,4,6-7H2,1-2H3. The first-order valence-electron chi connectivity index (χ1n) is 5.09. The van der Waals surface area contributed by atoms with E-state index in [1.165, 1.54) is 6.26 Å². The van der Waals surface area contributed by atoms with Gasteiger partial charge in [-0.2, -0.15) is 0 Å². The summed E-state index contributed by atoms with van der Waals surface area (Å²) in [6.07, 6.45) is 1.41. The molecule has 0 radical (unpaired) electrons. The van der Waals surface area contributed by atoms with Crippen LogP contribution in [0.15, 0.2) is 16.9 Å². The van der Waals surface area contributed by atoms with E-state index in [1.54, 1.807) is 6.07 Å². The Morgan fingerprint density at radius 3 is 2.81 bits per heavy atom. The third-order valence-electron chi connectivity index (χ3n) is 1.89. The van der Waals surface area contributed by atoms with Crippen LogP contribution in [0.5, 0.6) is 0 Å². The molecule has 0 saturated heterocycles. The maximum Gasteiger partial charge on any atom is 0.213 e. The van der Waals surface area contributed by atoms with Crippen LogP contribution in [0, 0.1) is 0 Å². The van der Waals surface area contributed by atoms with Gasteiger partial charge in [-0.1, -0.05) is 19.0 Å². The van der Waals surface area contributed by atoms with Crippen LogP contribution in [-0.2, 0) is 16.6 Å². The van der Waals surface area contributed by atoms with Crippen LogP contribution in [-0.4, -0.2) is 31.9 Å². The summed E-state index contributed by atoms with van der Waals surface area (Å²) in [6.45, 7) is 4.54. The van der Waals surface area contributed by atoms with Gasteiger partial charge in [0.25, 0.3) is 0 Å². The lowest BCUT2D eigenvalue weighted by Gasteiger charge is -2.08. The van der Waals surface area contributed by atoms with Crippen LogP contribution in [0.4, 0.5) is 0 Å². The number of hydrogen-bond donors (Lipinski definition) is 2. The van der Waals surface area contributed by atoms with Crippen molar-refractivity contribution in [2.75, 3.05) is 12.3 Å².